The number of ether oxygens (including phenoxy) is 1. The van der Waals surface area contributed by atoms with Gasteiger partial charge >= 0.3 is 0 Å². The van der Waals surface area contributed by atoms with E-state index in [-0.39, 0.29) is 5.54 Å². The normalized spacial score (nSPS) is 11.5. The van der Waals surface area contributed by atoms with Gasteiger partial charge in [0, 0.05) is 23.8 Å². The molecular weight excluding hydrogens is 284 g/mol. The largest absolute Gasteiger partial charge is 0.454 e. The van der Waals surface area contributed by atoms with Crippen molar-refractivity contribution in [1.82, 2.24) is 10.3 Å². The van der Waals surface area contributed by atoms with E-state index >= 15 is 0 Å². The highest BCUT2D eigenvalue weighted by Gasteiger charge is 2.14. The number of nitrogens with zero attached hydrogens (tertiary/aromatic N) is 1. The fraction of sp³-hybridized carbons (Fsp3) is 0.353. The molecule has 0 aliphatic rings. The van der Waals surface area contributed by atoms with Gasteiger partial charge in [0.15, 0.2) is 5.75 Å². The van der Waals surface area contributed by atoms with Crippen LogP contribution in [0.15, 0.2) is 36.5 Å². The number of para-hydroxylation sites is 1. The lowest BCUT2D eigenvalue weighted by atomic mass is 10.1. The molecule has 1 heterocycles. The number of hydrogen-bond donors (Lipinski definition) is 1. The molecular formula is C17H21ClN2O. The molecule has 112 valence electrons. The Morgan fingerprint density at radius 3 is 2.62 bits per heavy atom. The summed E-state index contributed by atoms with van der Waals surface area (Å²) in [6.07, 6.45) is 1.75. The number of hydrogen-bond acceptors (Lipinski definition) is 3. The van der Waals surface area contributed by atoms with E-state index in [9.17, 15) is 0 Å². The number of nitrogens with one attached hydrogen (secondary N) is 1. The highest BCUT2D eigenvalue weighted by Crippen LogP contribution is 2.34. The van der Waals surface area contributed by atoms with Crippen molar-refractivity contribution in [3.63, 3.8) is 0 Å². The molecule has 1 aromatic heterocycles. The van der Waals surface area contributed by atoms with Crippen molar-refractivity contribution < 1.29 is 4.74 Å². The first kappa shape index (κ1) is 15.8. The first-order valence-electron chi connectivity index (χ1n) is 6.99. The van der Waals surface area contributed by atoms with Gasteiger partial charge in [-0.15, -0.1) is 0 Å². The maximum atomic E-state index is 6.31. The highest BCUT2D eigenvalue weighted by atomic mass is 35.5. The maximum Gasteiger partial charge on any atom is 0.150 e. The Bertz CT molecular complexity index is 620. The number of benzene rings is 1. The molecule has 2 aromatic rings. The Morgan fingerprint density at radius 1 is 1.19 bits per heavy atom. The second-order valence-corrected chi connectivity index (χ2v) is 6.43. The Hall–Kier alpha value is -1.58. The third kappa shape index (κ3) is 4.45. The van der Waals surface area contributed by atoms with Crippen LogP contribution < -0.4 is 10.1 Å². The molecule has 0 bridgehead atoms. The molecule has 0 radical (unpaired) electrons. The van der Waals surface area contributed by atoms with Gasteiger partial charge in [-0.1, -0.05) is 23.7 Å². The van der Waals surface area contributed by atoms with Gasteiger partial charge in [0.2, 0.25) is 0 Å². The molecule has 2 rings (SSSR count). The minimum atomic E-state index is 0.0316. The van der Waals surface area contributed by atoms with Gasteiger partial charge in [-0.2, -0.15) is 0 Å². The lowest BCUT2D eigenvalue weighted by Crippen LogP contribution is -2.35. The summed E-state index contributed by atoms with van der Waals surface area (Å²) < 4.78 is 6.00. The van der Waals surface area contributed by atoms with Crippen LogP contribution in [0.25, 0.3) is 0 Å². The minimum absolute atomic E-state index is 0.0316. The quantitative estimate of drug-likeness (QED) is 0.887. The number of rotatable bonds is 4. The molecule has 3 nitrogen and oxygen atoms in total. The van der Waals surface area contributed by atoms with Gasteiger partial charge in [-0.05, 0) is 45.9 Å². The van der Waals surface area contributed by atoms with Crippen molar-refractivity contribution in [2.24, 2.45) is 0 Å². The van der Waals surface area contributed by atoms with Gasteiger partial charge in [-0.3, -0.25) is 4.98 Å². The second-order valence-electron chi connectivity index (χ2n) is 6.02. The molecule has 0 unspecified atom stereocenters. The Labute approximate surface area is 131 Å². The summed E-state index contributed by atoms with van der Waals surface area (Å²) in [6.45, 7) is 8.99. The maximum absolute atomic E-state index is 6.31. The first-order chi connectivity index (χ1) is 9.87. The third-order valence-electron chi connectivity index (χ3n) is 3.03. The highest BCUT2D eigenvalue weighted by molar-refractivity contribution is 6.32. The number of aromatic nitrogens is 1. The van der Waals surface area contributed by atoms with Gasteiger partial charge in [-0.25, -0.2) is 0 Å². The van der Waals surface area contributed by atoms with Gasteiger partial charge in [0.05, 0.1) is 10.7 Å². The zero-order valence-electron chi connectivity index (χ0n) is 12.9. The number of aryl methyl sites for hydroxylation is 1. The molecule has 0 aliphatic heterocycles. The topological polar surface area (TPSA) is 34.1 Å². The van der Waals surface area contributed by atoms with E-state index in [1.807, 2.05) is 37.3 Å². The molecule has 0 saturated heterocycles. The summed E-state index contributed by atoms with van der Waals surface area (Å²) in [7, 11) is 0. The summed E-state index contributed by atoms with van der Waals surface area (Å²) in [5, 5.41) is 4.06. The molecule has 0 atom stereocenters. The predicted octanol–water partition coefficient (Wildman–Crippen LogP) is 4.72. The SMILES string of the molecule is Cc1ncccc1Oc1c(Cl)cccc1CNC(C)(C)C. The van der Waals surface area contributed by atoms with Crippen molar-refractivity contribution in [3.05, 3.63) is 52.8 Å². The summed E-state index contributed by atoms with van der Waals surface area (Å²) in [6, 6.07) is 9.54. The van der Waals surface area contributed by atoms with Crippen LogP contribution in [0.4, 0.5) is 0 Å². The molecule has 0 amide bonds. The average Bonchev–Trinajstić information content (AvgIpc) is 2.41. The smallest absolute Gasteiger partial charge is 0.150 e. The van der Waals surface area contributed by atoms with Crippen LogP contribution in [0.5, 0.6) is 11.5 Å². The van der Waals surface area contributed by atoms with E-state index in [0.717, 1.165) is 17.0 Å². The van der Waals surface area contributed by atoms with Gasteiger partial charge in [0.1, 0.15) is 5.75 Å². The van der Waals surface area contributed by atoms with E-state index in [0.29, 0.717) is 17.3 Å². The monoisotopic (exact) mass is 304 g/mol. The predicted molar refractivity (Wildman–Crippen MR) is 87.1 cm³/mol. The van der Waals surface area contributed by atoms with Crippen LogP contribution in [0.2, 0.25) is 5.02 Å². The van der Waals surface area contributed by atoms with Crippen LogP contribution in [0, 0.1) is 6.92 Å². The second kappa shape index (κ2) is 6.46. The average molecular weight is 305 g/mol. The molecule has 21 heavy (non-hydrogen) atoms. The molecule has 1 N–H and O–H groups in total. The summed E-state index contributed by atoms with van der Waals surface area (Å²) in [4.78, 5) is 4.24. The standard InChI is InChI=1S/C17H21ClN2O/c1-12-15(9-6-10-19-12)21-16-13(7-5-8-14(16)18)11-20-17(2,3)4/h5-10,20H,11H2,1-4H3. The van der Waals surface area contributed by atoms with Crippen LogP contribution >= 0.6 is 11.6 Å². The van der Waals surface area contributed by atoms with Gasteiger partial charge < -0.3 is 10.1 Å². The van der Waals surface area contributed by atoms with E-state index in [2.05, 4.69) is 31.1 Å². The van der Waals surface area contributed by atoms with E-state index < -0.39 is 0 Å². The van der Waals surface area contributed by atoms with Crippen molar-refractivity contribution in [3.8, 4) is 11.5 Å². The van der Waals surface area contributed by atoms with Crippen molar-refractivity contribution in [2.45, 2.75) is 39.8 Å². The fourth-order valence-corrected chi connectivity index (χ4v) is 2.09. The lowest BCUT2D eigenvalue weighted by Gasteiger charge is -2.22. The van der Waals surface area contributed by atoms with E-state index in [1.54, 1.807) is 6.20 Å². The molecule has 4 heteroatoms. The van der Waals surface area contributed by atoms with Crippen LogP contribution in [0.1, 0.15) is 32.0 Å². The molecule has 1 aromatic carbocycles. The van der Waals surface area contributed by atoms with Crippen LogP contribution in [-0.4, -0.2) is 10.5 Å². The summed E-state index contributed by atoms with van der Waals surface area (Å²) in [5.41, 5.74) is 1.90. The summed E-state index contributed by atoms with van der Waals surface area (Å²) >= 11 is 6.31. The minimum Gasteiger partial charge on any atom is -0.454 e. The lowest BCUT2D eigenvalue weighted by molar-refractivity contribution is 0.413. The molecule has 0 saturated carbocycles. The van der Waals surface area contributed by atoms with E-state index in [4.69, 9.17) is 16.3 Å². The Morgan fingerprint density at radius 2 is 1.95 bits per heavy atom. The van der Waals surface area contributed by atoms with Crippen LogP contribution in [0.3, 0.4) is 0 Å². The molecule has 0 fully saturated rings. The van der Waals surface area contributed by atoms with Crippen molar-refractivity contribution in [1.29, 1.82) is 0 Å². The molecule has 0 spiro atoms. The first-order valence-corrected chi connectivity index (χ1v) is 7.36. The fourth-order valence-electron chi connectivity index (χ4n) is 1.85. The number of halogens is 1. The van der Waals surface area contributed by atoms with E-state index in [1.165, 1.54) is 0 Å². The third-order valence-corrected chi connectivity index (χ3v) is 3.33. The Balaban J connectivity index is 2.28. The van der Waals surface area contributed by atoms with Crippen molar-refractivity contribution in [2.75, 3.05) is 0 Å². The van der Waals surface area contributed by atoms with Crippen molar-refractivity contribution >= 4 is 11.6 Å². The zero-order chi connectivity index (χ0) is 15.5. The molecule has 0 aliphatic carbocycles. The van der Waals surface area contributed by atoms with Gasteiger partial charge in [0.25, 0.3) is 0 Å². The zero-order valence-corrected chi connectivity index (χ0v) is 13.7. The van der Waals surface area contributed by atoms with Crippen LogP contribution in [-0.2, 0) is 6.54 Å². The Kier molecular flexibility index (Phi) is 4.86. The number of pyridine rings is 1. The summed E-state index contributed by atoms with van der Waals surface area (Å²) in [5.74, 6) is 1.41.